The Labute approximate surface area is 157 Å². The molecule has 6 nitrogen and oxygen atoms in total. The molecule has 1 rings (SSSR count). The van der Waals surface area contributed by atoms with Crippen molar-refractivity contribution in [2.45, 2.75) is 27.7 Å². The van der Waals surface area contributed by atoms with Gasteiger partial charge in [-0.1, -0.05) is 38.5 Å². The second kappa shape index (κ2) is 11.5. The van der Waals surface area contributed by atoms with E-state index in [1.54, 1.807) is 11.8 Å². The van der Waals surface area contributed by atoms with Crippen LogP contribution in [0.4, 0.5) is 0 Å². The smallest absolute Gasteiger partial charge is 0.310 e. The fourth-order valence-electron chi connectivity index (χ4n) is 2.60. The maximum Gasteiger partial charge on any atom is 0.310 e. The first kappa shape index (κ1) is 22.0. The quantitative estimate of drug-likeness (QED) is 0.564. The third kappa shape index (κ3) is 7.44. The van der Waals surface area contributed by atoms with Gasteiger partial charge < -0.3 is 19.3 Å². The maximum atomic E-state index is 12.6. The SMILES string of the molecule is CCN(CC)CCN(CC(C)C(=O)OC)C(=O)COc1ccc(C)cc1. The number of likely N-dealkylation sites (N-methyl/N-ethyl adjacent to an activating group) is 1. The molecule has 0 saturated carbocycles. The third-order valence-electron chi connectivity index (χ3n) is 4.41. The lowest BCUT2D eigenvalue weighted by Crippen LogP contribution is -2.44. The van der Waals surface area contributed by atoms with Gasteiger partial charge in [-0.3, -0.25) is 9.59 Å². The second-order valence-corrected chi connectivity index (χ2v) is 6.39. The number of esters is 1. The number of carbonyl (C=O) groups is 2. The van der Waals surface area contributed by atoms with Gasteiger partial charge in [-0.15, -0.1) is 0 Å². The van der Waals surface area contributed by atoms with Gasteiger partial charge in [0.15, 0.2) is 6.61 Å². The summed E-state index contributed by atoms with van der Waals surface area (Å²) in [5.74, 6) is -0.160. The molecule has 0 heterocycles. The first-order valence-electron chi connectivity index (χ1n) is 9.18. The standard InChI is InChI=1S/C20H32N2O4/c1-6-21(7-2)12-13-22(14-17(4)20(24)25-5)19(23)15-26-18-10-8-16(3)9-11-18/h8-11,17H,6-7,12-15H2,1-5H3. The van der Waals surface area contributed by atoms with E-state index in [1.165, 1.54) is 7.11 Å². The molecule has 1 unspecified atom stereocenters. The number of rotatable bonds is 11. The number of hydrogen-bond donors (Lipinski definition) is 0. The van der Waals surface area contributed by atoms with Crippen molar-refractivity contribution in [2.24, 2.45) is 5.92 Å². The zero-order chi connectivity index (χ0) is 19.5. The summed E-state index contributed by atoms with van der Waals surface area (Å²) < 4.78 is 10.4. The number of nitrogens with zero attached hydrogens (tertiary/aromatic N) is 2. The molecule has 1 atom stereocenters. The van der Waals surface area contributed by atoms with Crippen molar-refractivity contribution in [3.8, 4) is 5.75 Å². The summed E-state index contributed by atoms with van der Waals surface area (Å²) in [5, 5.41) is 0. The van der Waals surface area contributed by atoms with E-state index in [9.17, 15) is 9.59 Å². The van der Waals surface area contributed by atoms with Crippen molar-refractivity contribution in [2.75, 3.05) is 46.4 Å². The number of benzene rings is 1. The van der Waals surface area contributed by atoms with Crippen LogP contribution in [-0.2, 0) is 14.3 Å². The van der Waals surface area contributed by atoms with Gasteiger partial charge in [0.2, 0.25) is 0 Å². The molecule has 0 fully saturated rings. The molecule has 0 aliphatic heterocycles. The number of aryl methyl sites for hydroxylation is 1. The number of hydrogen-bond acceptors (Lipinski definition) is 5. The average molecular weight is 364 g/mol. The molecule has 0 aromatic heterocycles. The van der Waals surface area contributed by atoms with E-state index in [2.05, 4.69) is 18.7 Å². The van der Waals surface area contributed by atoms with Crippen LogP contribution < -0.4 is 4.74 Å². The van der Waals surface area contributed by atoms with Gasteiger partial charge in [-0.25, -0.2) is 0 Å². The van der Waals surface area contributed by atoms with Gasteiger partial charge in [0, 0.05) is 19.6 Å². The van der Waals surface area contributed by atoms with Gasteiger partial charge in [-0.2, -0.15) is 0 Å². The summed E-state index contributed by atoms with van der Waals surface area (Å²) in [5.41, 5.74) is 1.14. The highest BCUT2D eigenvalue weighted by Crippen LogP contribution is 2.12. The Morgan fingerprint density at radius 3 is 2.23 bits per heavy atom. The van der Waals surface area contributed by atoms with Crippen molar-refractivity contribution in [1.82, 2.24) is 9.80 Å². The Morgan fingerprint density at radius 2 is 1.69 bits per heavy atom. The van der Waals surface area contributed by atoms with Gasteiger partial charge in [0.25, 0.3) is 5.91 Å². The zero-order valence-corrected chi connectivity index (χ0v) is 16.7. The lowest BCUT2D eigenvalue weighted by molar-refractivity contribution is -0.146. The molecule has 0 spiro atoms. The Hall–Kier alpha value is -2.08. The second-order valence-electron chi connectivity index (χ2n) is 6.39. The van der Waals surface area contributed by atoms with Gasteiger partial charge in [-0.05, 0) is 32.1 Å². The molecule has 0 bridgehead atoms. The van der Waals surface area contributed by atoms with E-state index in [0.29, 0.717) is 18.8 Å². The molecule has 0 saturated heterocycles. The van der Waals surface area contributed by atoms with Gasteiger partial charge in [0.1, 0.15) is 5.75 Å². The molecule has 6 heteroatoms. The average Bonchev–Trinajstić information content (AvgIpc) is 2.66. The summed E-state index contributed by atoms with van der Waals surface area (Å²) >= 11 is 0. The monoisotopic (exact) mass is 364 g/mol. The van der Waals surface area contributed by atoms with Gasteiger partial charge >= 0.3 is 5.97 Å². The summed E-state index contributed by atoms with van der Waals surface area (Å²) in [4.78, 5) is 28.3. The molecule has 0 aliphatic rings. The fraction of sp³-hybridized carbons (Fsp3) is 0.600. The van der Waals surface area contributed by atoms with Crippen LogP contribution in [0.25, 0.3) is 0 Å². The minimum absolute atomic E-state index is 0.0464. The van der Waals surface area contributed by atoms with Crippen molar-refractivity contribution in [3.05, 3.63) is 29.8 Å². The van der Waals surface area contributed by atoms with E-state index in [0.717, 1.165) is 25.2 Å². The van der Waals surface area contributed by atoms with E-state index in [1.807, 2.05) is 31.2 Å². The maximum absolute atomic E-state index is 12.6. The predicted octanol–water partition coefficient (Wildman–Crippen LogP) is 2.35. The van der Waals surface area contributed by atoms with Crippen molar-refractivity contribution in [3.63, 3.8) is 0 Å². The lowest BCUT2D eigenvalue weighted by atomic mass is 10.1. The van der Waals surface area contributed by atoms with Crippen molar-refractivity contribution < 1.29 is 19.1 Å². The molecule has 0 aliphatic carbocycles. The van der Waals surface area contributed by atoms with Crippen LogP contribution in [-0.4, -0.2) is 68.1 Å². The Kier molecular flexibility index (Phi) is 9.73. The summed E-state index contributed by atoms with van der Waals surface area (Å²) in [7, 11) is 1.36. The highest BCUT2D eigenvalue weighted by Gasteiger charge is 2.22. The Morgan fingerprint density at radius 1 is 1.08 bits per heavy atom. The van der Waals surface area contributed by atoms with Crippen molar-refractivity contribution >= 4 is 11.9 Å². The molecule has 1 aromatic carbocycles. The van der Waals surface area contributed by atoms with Crippen LogP contribution in [0.2, 0.25) is 0 Å². The Bertz CT molecular complexity index is 555. The summed E-state index contributed by atoms with van der Waals surface area (Å²) in [6.07, 6.45) is 0. The van der Waals surface area contributed by atoms with Crippen molar-refractivity contribution in [1.29, 1.82) is 0 Å². The molecule has 26 heavy (non-hydrogen) atoms. The molecule has 0 N–H and O–H groups in total. The van der Waals surface area contributed by atoms with Crippen LogP contribution in [0.1, 0.15) is 26.3 Å². The normalized spacial score (nSPS) is 11.9. The first-order chi connectivity index (χ1) is 12.4. The van der Waals surface area contributed by atoms with E-state index in [4.69, 9.17) is 9.47 Å². The highest BCUT2D eigenvalue weighted by atomic mass is 16.5. The van der Waals surface area contributed by atoms with Crippen LogP contribution in [0, 0.1) is 12.8 Å². The zero-order valence-electron chi connectivity index (χ0n) is 16.7. The predicted molar refractivity (Wildman–Crippen MR) is 102 cm³/mol. The largest absolute Gasteiger partial charge is 0.484 e. The number of methoxy groups -OCH3 is 1. The van der Waals surface area contributed by atoms with Crippen LogP contribution in [0.3, 0.4) is 0 Å². The molecular weight excluding hydrogens is 332 g/mol. The van der Waals surface area contributed by atoms with Crippen LogP contribution in [0.15, 0.2) is 24.3 Å². The highest BCUT2D eigenvalue weighted by molar-refractivity contribution is 5.79. The van der Waals surface area contributed by atoms with Crippen LogP contribution in [0.5, 0.6) is 5.75 Å². The summed E-state index contributed by atoms with van der Waals surface area (Å²) in [6.45, 7) is 11.4. The number of amides is 1. The Balaban J connectivity index is 2.69. The molecule has 146 valence electrons. The van der Waals surface area contributed by atoms with Crippen LogP contribution >= 0.6 is 0 Å². The number of carbonyl (C=O) groups excluding carboxylic acids is 2. The third-order valence-corrected chi connectivity index (χ3v) is 4.41. The van der Waals surface area contributed by atoms with E-state index < -0.39 is 0 Å². The van der Waals surface area contributed by atoms with E-state index in [-0.39, 0.29) is 24.4 Å². The first-order valence-corrected chi connectivity index (χ1v) is 9.18. The minimum Gasteiger partial charge on any atom is -0.484 e. The lowest BCUT2D eigenvalue weighted by Gasteiger charge is -2.28. The fourth-order valence-corrected chi connectivity index (χ4v) is 2.60. The van der Waals surface area contributed by atoms with E-state index >= 15 is 0 Å². The molecular formula is C20H32N2O4. The minimum atomic E-state index is -0.375. The molecule has 1 amide bonds. The number of ether oxygens (including phenoxy) is 2. The van der Waals surface area contributed by atoms with Gasteiger partial charge in [0.05, 0.1) is 13.0 Å². The summed E-state index contributed by atoms with van der Waals surface area (Å²) in [6, 6.07) is 7.58. The molecule has 1 aromatic rings. The molecule has 0 radical (unpaired) electrons. The topological polar surface area (TPSA) is 59.1 Å².